The number of halogens is 1. The molecule has 0 fully saturated rings. The average Bonchev–Trinajstić information content (AvgIpc) is 2.34. The van der Waals surface area contributed by atoms with Gasteiger partial charge in [0.1, 0.15) is 0 Å². The van der Waals surface area contributed by atoms with Crippen LogP contribution in [0.15, 0.2) is 62.8 Å². The summed E-state index contributed by atoms with van der Waals surface area (Å²) in [5.41, 5.74) is 6.83. The lowest BCUT2D eigenvalue weighted by Crippen LogP contribution is -2.03. The summed E-state index contributed by atoms with van der Waals surface area (Å²) in [6.07, 6.45) is 0.914. The second kappa shape index (κ2) is 6.24. The Balaban J connectivity index is 2.15. The van der Waals surface area contributed by atoms with Crippen LogP contribution in [0, 0.1) is 0 Å². The Morgan fingerprint density at radius 3 is 2.41 bits per heavy atom. The molecule has 0 aliphatic rings. The highest BCUT2D eigenvalue weighted by atomic mass is 79.9. The molecular weight excluding hydrogens is 294 g/mol. The van der Waals surface area contributed by atoms with Crippen LogP contribution in [0.3, 0.4) is 0 Å². The molecule has 0 unspecified atom stereocenters. The third-order valence-corrected chi connectivity index (χ3v) is 4.15. The first-order valence-corrected chi connectivity index (χ1v) is 7.12. The summed E-state index contributed by atoms with van der Waals surface area (Å²) in [6.45, 7) is 0.684. The molecule has 0 heterocycles. The van der Waals surface area contributed by atoms with Crippen molar-refractivity contribution >= 4 is 27.7 Å². The van der Waals surface area contributed by atoms with E-state index in [0.717, 1.165) is 10.9 Å². The van der Waals surface area contributed by atoms with Gasteiger partial charge in [0.05, 0.1) is 0 Å². The topological polar surface area (TPSA) is 26.0 Å². The van der Waals surface area contributed by atoms with Gasteiger partial charge in [-0.05, 0) is 42.8 Å². The van der Waals surface area contributed by atoms with Gasteiger partial charge in [0, 0.05) is 14.3 Å². The van der Waals surface area contributed by atoms with E-state index in [0.29, 0.717) is 6.54 Å². The first kappa shape index (κ1) is 12.7. The molecule has 0 spiro atoms. The van der Waals surface area contributed by atoms with Crippen molar-refractivity contribution < 1.29 is 0 Å². The SMILES string of the molecule is NCCc1ccc(Sc2ccccc2)cc1Br. The molecule has 2 aromatic rings. The van der Waals surface area contributed by atoms with Crippen LogP contribution in [0.25, 0.3) is 0 Å². The Bertz CT molecular complexity index is 485. The summed E-state index contributed by atoms with van der Waals surface area (Å²) >= 11 is 5.36. The Kier molecular flexibility index (Phi) is 4.66. The van der Waals surface area contributed by atoms with Crippen LogP contribution in [-0.4, -0.2) is 6.54 Å². The van der Waals surface area contributed by atoms with Crippen LogP contribution in [0.4, 0.5) is 0 Å². The highest BCUT2D eigenvalue weighted by molar-refractivity contribution is 9.10. The predicted molar refractivity (Wildman–Crippen MR) is 77.5 cm³/mol. The zero-order valence-electron chi connectivity index (χ0n) is 9.40. The smallest absolute Gasteiger partial charge is 0.0219 e. The quantitative estimate of drug-likeness (QED) is 0.920. The normalized spacial score (nSPS) is 10.5. The van der Waals surface area contributed by atoms with E-state index in [1.807, 2.05) is 6.07 Å². The number of benzene rings is 2. The first-order chi connectivity index (χ1) is 8.29. The summed E-state index contributed by atoms with van der Waals surface area (Å²) in [5.74, 6) is 0. The lowest BCUT2D eigenvalue weighted by Gasteiger charge is -2.06. The van der Waals surface area contributed by atoms with E-state index in [-0.39, 0.29) is 0 Å². The number of hydrogen-bond acceptors (Lipinski definition) is 2. The van der Waals surface area contributed by atoms with Gasteiger partial charge in [-0.3, -0.25) is 0 Å². The molecule has 17 heavy (non-hydrogen) atoms. The van der Waals surface area contributed by atoms with Crippen LogP contribution < -0.4 is 5.73 Å². The van der Waals surface area contributed by atoms with E-state index >= 15 is 0 Å². The molecule has 0 radical (unpaired) electrons. The molecule has 1 nitrogen and oxygen atoms in total. The highest BCUT2D eigenvalue weighted by Crippen LogP contribution is 2.30. The zero-order valence-corrected chi connectivity index (χ0v) is 11.8. The van der Waals surface area contributed by atoms with Crippen LogP contribution in [0.5, 0.6) is 0 Å². The van der Waals surface area contributed by atoms with E-state index in [1.54, 1.807) is 11.8 Å². The summed E-state index contributed by atoms with van der Waals surface area (Å²) < 4.78 is 1.14. The van der Waals surface area contributed by atoms with Crippen molar-refractivity contribution in [3.63, 3.8) is 0 Å². The molecule has 0 bridgehead atoms. The van der Waals surface area contributed by atoms with Gasteiger partial charge in [-0.2, -0.15) is 0 Å². The zero-order chi connectivity index (χ0) is 12.1. The van der Waals surface area contributed by atoms with Gasteiger partial charge in [0.2, 0.25) is 0 Å². The molecule has 2 aromatic carbocycles. The van der Waals surface area contributed by atoms with Gasteiger partial charge in [0.15, 0.2) is 0 Å². The standard InChI is InChI=1S/C14H14BrNS/c15-14-10-13(7-6-11(14)8-9-16)17-12-4-2-1-3-5-12/h1-7,10H,8-9,16H2. The molecule has 0 amide bonds. The minimum Gasteiger partial charge on any atom is -0.330 e. The number of nitrogens with two attached hydrogens (primary N) is 1. The van der Waals surface area contributed by atoms with Gasteiger partial charge in [0.25, 0.3) is 0 Å². The maximum absolute atomic E-state index is 5.57. The lowest BCUT2D eigenvalue weighted by atomic mass is 10.1. The largest absolute Gasteiger partial charge is 0.330 e. The molecule has 0 saturated heterocycles. The molecule has 0 aromatic heterocycles. The molecule has 0 atom stereocenters. The monoisotopic (exact) mass is 307 g/mol. The molecule has 2 rings (SSSR count). The highest BCUT2D eigenvalue weighted by Gasteiger charge is 2.02. The Morgan fingerprint density at radius 1 is 1.00 bits per heavy atom. The van der Waals surface area contributed by atoms with Crippen molar-refractivity contribution in [2.45, 2.75) is 16.2 Å². The third-order valence-electron chi connectivity index (χ3n) is 2.42. The Morgan fingerprint density at radius 2 is 1.76 bits per heavy atom. The van der Waals surface area contributed by atoms with Crippen molar-refractivity contribution in [1.29, 1.82) is 0 Å². The molecule has 88 valence electrons. The summed E-state index contributed by atoms with van der Waals surface area (Å²) in [6, 6.07) is 16.8. The molecule has 0 saturated carbocycles. The molecule has 0 aliphatic carbocycles. The summed E-state index contributed by atoms with van der Waals surface area (Å²) in [7, 11) is 0. The van der Waals surface area contributed by atoms with Crippen molar-refractivity contribution in [2.75, 3.05) is 6.54 Å². The second-order valence-electron chi connectivity index (χ2n) is 3.71. The fourth-order valence-electron chi connectivity index (χ4n) is 1.57. The van der Waals surface area contributed by atoms with Crippen LogP contribution >= 0.6 is 27.7 Å². The average molecular weight is 308 g/mol. The van der Waals surface area contributed by atoms with Crippen LogP contribution in [-0.2, 0) is 6.42 Å². The van der Waals surface area contributed by atoms with E-state index in [1.165, 1.54) is 15.4 Å². The number of hydrogen-bond donors (Lipinski definition) is 1. The second-order valence-corrected chi connectivity index (χ2v) is 5.71. The van der Waals surface area contributed by atoms with E-state index in [2.05, 4.69) is 58.4 Å². The molecule has 2 N–H and O–H groups in total. The first-order valence-electron chi connectivity index (χ1n) is 5.51. The maximum Gasteiger partial charge on any atom is 0.0219 e. The van der Waals surface area contributed by atoms with E-state index in [9.17, 15) is 0 Å². The molecule has 3 heteroatoms. The molecule has 0 aliphatic heterocycles. The number of rotatable bonds is 4. The van der Waals surface area contributed by atoms with Gasteiger partial charge >= 0.3 is 0 Å². The third kappa shape index (κ3) is 3.60. The van der Waals surface area contributed by atoms with Crippen molar-refractivity contribution in [3.05, 3.63) is 58.6 Å². The van der Waals surface area contributed by atoms with Gasteiger partial charge in [-0.15, -0.1) is 0 Å². The summed E-state index contributed by atoms with van der Waals surface area (Å²) in [4.78, 5) is 2.50. The van der Waals surface area contributed by atoms with Crippen molar-refractivity contribution in [1.82, 2.24) is 0 Å². The van der Waals surface area contributed by atoms with Crippen molar-refractivity contribution in [2.24, 2.45) is 5.73 Å². The van der Waals surface area contributed by atoms with E-state index in [4.69, 9.17) is 5.73 Å². The maximum atomic E-state index is 5.57. The van der Waals surface area contributed by atoms with Gasteiger partial charge in [-0.25, -0.2) is 0 Å². The fourth-order valence-corrected chi connectivity index (χ4v) is 3.18. The molecular formula is C14H14BrNS. The Labute approximate surface area is 115 Å². The van der Waals surface area contributed by atoms with Crippen molar-refractivity contribution in [3.8, 4) is 0 Å². The van der Waals surface area contributed by atoms with E-state index < -0.39 is 0 Å². The predicted octanol–water partition coefficient (Wildman–Crippen LogP) is 4.10. The fraction of sp³-hybridized carbons (Fsp3) is 0.143. The van der Waals surface area contributed by atoms with Gasteiger partial charge in [-0.1, -0.05) is 52.0 Å². The minimum absolute atomic E-state index is 0.684. The summed E-state index contributed by atoms with van der Waals surface area (Å²) in [5, 5.41) is 0. The minimum atomic E-state index is 0.684. The lowest BCUT2D eigenvalue weighted by molar-refractivity contribution is 0.960. The Hall–Kier alpha value is -0.770. The van der Waals surface area contributed by atoms with Crippen LogP contribution in [0.2, 0.25) is 0 Å². The van der Waals surface area contributed by atoms with Gasteiger partial charge < -0.3 is 5.73 Å². The van der Waals surface area contributed by atoms with Crippen LogP contribution in [0.1, 0.15) is 5.56 Å².